The smallest absolute Gasteiger partial charge is 0.386 e. The normalized spacial score (nSPS) is 19.3. The first-order valence-corrected chi connectivity index (χ1v) is 10.2. The lowest BCUT2D eigenvalue weighted by Crippen LogP contribution is -2.55. The summed E-state index contributed by atoms with van der Waals surface area (Å²) in [5, 5.41) is 11.1. The largest absolute Gasteiger partial charge is 0.449 e. The van der Waals surface area contributed by atoms with Crippen molar-refractivity contribution in [3.63, 3.8) is 0 Å². The average molecular weight is 448 g/mol. The molecule has 1 aliphatic heterocycles. The van der Waals surface area contributed by atoms with Gasteiger partial charge in [0.2, 0.25) is 11.7 Å². The second-order valence-corrected chi connectivity index (χ2v) is 8.07. The van der Waals surface area contributed by atoms with Gasteiger partial charge in [-0.25, -0.2) is 9.97 Å². The number of aliphatic hydroxyl groups is 1. The molecular weight excluding hydrogens is 425 g/mol. The van der Waals surface area contributed by atoms with Crippen molar-refractivity contribution in [1.29, 1.82) is 0 Å². The van der Waals surface area contributed by atoms with Gasteiger partial charge in [0.25, 0.3) is 0 Å². The Labute approximate surface area is 182 Å². The molecule has 0 aliphatic carbocycles. The molecule has 4 rings (SSSR count). The maximum Gasteiger partial charge on any atom is 0.449 e. The van der Waals surface area contributed by atoms with E-state index in [1.54, 1.807) is 30.7 Å². The summed E-state index contributed by atoms with van der Waals surface area (Å²) in [5.74, 6) is -1.05. The third kappa shape index (κ3) is 4.52. The number of para-hydroxylation sites is 2. The number of likely N-dealkylation sites (N-methyl/N-ethyl adjacent to an activating group) is 1. The quantitative estimate of drug-likeness (QED) is 0.645. The highest BCUT2D eigenvalue weighted by Crippen LogP contribution is 2.32. The third-order valence-electron chi connectivity index (χ3n) is 5.59. The van der Waals surface area contributed by atoms with Gasteiger partial charge in [0, 0.05) is 32.5 Å². The molecule has 0 bridgehead atoms. The minimum atomic E-state index is -4.70. The topological polar surface area (TPSA) is 87.4 Å². The first-order valence-electron chi connectivity index (χ1n) is 10.2. The van der Waals surface area contributed by atoms with Crippen molar-refractivity contribution in [3.8, 4) is 0 Å². The van der Waals surface area contributed by atoms with Crippen LogP contribution in [0, 0.1) is 0 Å². The number of fused-ring (bicyclic) bond motifs is 1. The van der Waals surface area contributed by atoms with Crippen molar-refractivity contribution in [2.75, 3.05) is 31.6 Å². The molecule has 0 spiro atoms. The van der Waals surface area contributed by atoms with Gasteiger partial charge in [0.15, 0.2) is 0 Å². The summed E-state index contributed by atoms with van der Waals surface area (Å²) < 4.78 is 41.4. The minimum absolute atomic E-state index is 0.0173. The molecule has 1 aromatic carbocycles. The molecule has 3 heterocycles. The number of anilines is 1. The molecule has 11 heteroatoms. The number of amides is 1. The van der Waals surface area contributed by atoms with E-state index >= 15 is 0 Å². The van der Waals surface area contributed by atoms with Crippen LogP contribution in [0.1, 0.15) is 18.7 Å². The van der Waals surface area contributed by atoms with Crippen LogP contribution in [-0.2, 0) is 17.5 Å². The molecule has 1 N–H and O–H groups in total. The Morgan fingerprint density at radius 1 is 1.28 bits per heavy atom. The molecule has 8 nitrogen and oxygen atoms in total. The number of hydrogen-bond acceptors (Lipinski definition) is 6. The number of β-amino-alcohol motifs (C(OH)–C–C–N with tert-alkyl or cyclic N) is 1. The van der Waals surface area contributed by atoms with Gasteiger partial charge in [-0.15, -0.1) is 0 Å². The van der Waals surface area contributed by atoms with Crippen molar-refractivity contribution in [3.05, 3.63) is 48.7 Å². The Balaban J connectivity index is 1.50. The van der Waals surface area contributed by atoms with Gasteiger partial charge in [0.1, 0.15) is 12.4 Å². The highest BCUT2D eigenvalue weighted by Gasteiger charge is 2.39. The number of halogens is 3. The molecule has 170 valence electrons. The first-order chi connectivity index (χ1) is 15.2. The summed E-state index contributed by atoms with van der Waals surface area (Å²) in [5.41, 5.74) is -0.822. The minimum Gasteiger partial charge on any atom is -0.386 e. The van der Waals surface area contributed by atoms with Crippen LogP contribution in [-0.4, -0.2) is 67.7 Å². The molecule has 1 saturated heterocycles. The molecule has 1 aliphatic rings. The van der Waals surface area contributed by atoms with Crippen LogP contribution >= 0.6 is 0 Å². The summed E-state index contributed by atoms with van der Waals surface area (Å²) in [6.45, 7) is 0.381. The zero-order chi connectivity index (χ0) is 22.9. The number of aromatic nitrogens is 4. The summed E-state index contributed by atoms with van der Waals surface area (Å²) >= 11 is 0. The number of hydrogen-bond donors (Lipinski definition) is 1. The Hall–Kier alpha value is -3.21. The molecule has 0 radical (unpaired) electrons. The van der Waals surface area contributed by atoms with Crippen LogP contribution in [0.4, 0.5) is 19.0 Å². The summed E-state index contributed by atoms with van der Waals surface area (Å²) in [6, 6.07) is 6.16. The van der Waals surface area contributed by atoms with Gasteiger partial charge >= 0.3 is 6.18 Å². The molecule has 1 amide bonds. The SMILES string of the molecule is CN(CC1(O)CCCN(c2cnccn2)C1)C(=O)Cn1c(C(F)(F)F)nc2ccccc21. The highest BCUT2D eigenvalue weighted by molar-refractivity contribution is 5.81. The number of alkyl halides is 3. The van der Waals surface area contributed by atoms with Gasteiger partial charge in [-0.1, -0.05) is 12.1 Å². The Morgan fingerprint density at radius 3 is 2.78 bits per heavy atom. The molecular formula is C21H23F3N6O2. The van der Waals surface area contributed by atoms with E-state index in [2.05, 4.69) is 15.0 Å². The van der Waals surface area contributed by atoms with E-state index in [9.17, 15) is 23.1 Å². The average Bonchev–Trinajstić information content (AvgIpc) is 3.13. The van der Waals surface area contributed by atoms with E-state index in [0.717, 1.165) is 4.57 Å². The van der Waals surface area contributed by atoms with Gasteiger partial charge in [-0.2, -0.15) is 13.2 Å². The molecule has 2 aromatic heterocycles. The number of nitrogens with zero attached hydrogens (tertiary/aromatic N) is 6. The first kappa shape index (κ1) is 22.0. The maximum atomic E-state index is 13.5. The second-order valence-electron chi connectivity index (χ2n) is 8.07. The van der Waals surface area contributed by atoms with Gasteiger partial charge in [-0.3, -0.25) is 9.78 Å². The fourth-order valence-corrected chi connectivity index (χ4v) is 4.13. The Kier molecular flexibility index (Phi) is 5.76. The van der Waals surface area contributed by atoms with Crippen molar-refractivity contribution in [2.45, 2.75) is 31.2 Å². The number of carbonyl (C=O) groups is 1. The number of benzene rings is 1. The zero-order valence-electron chi connectivity index (χ0n) is 17.5. The summed E-state index contributed by atoms with van der Waals surface area (Å²) in [7, 11) is 1.48. The second kappa shape index (κ2) is 8.38. The van der Waals surface area contributed by atoms with E-state index in [-0.39, 0.29) is 24.1 Å². The lowest BCUT2D eigenvalue weighted by molar-refractivity contribution is -0.148. The molecule has 3 aromatic rings. The number of carbonyl (C=O) groups excluding carboxylic acids is 1. The Morgan fingerprint density at radius 2 is 2.06 bits per heavy atom. The lowest BCUT2D eigenvalue weighted by atomic mass is 9.92. The van der Waals surface area contributed by atoms with E-state index in [0.29, 0.717) is 25.2 Å². The van der Waals surface area contributed by atoms with Crippen molar-refractivity contribution < 1.29 is 23.1 Å². The van der Waals surface area contributed by atoms with Crippen molar-refractivity contribution >= 4 is 22.8 Å². The molecule has 1 unspecified atom stereocenters. The fourth-order valence-electron chi connectivity index (χ4n) is 4.13. The van der Waals surface area contributed by atoms with Gasteiger partial charge in [0.05, 0.1) is 29.4 Å². The highest BCUT2D eigenvalue weighted by atomic mass is 19.4. The van der Waals surface area contributed by atoms with Crippen LogP contribution < -0.4 is 4.90 Å². The monoisotopic (exact) mass is 448 g/mol. The Bertz CT molecular complexity index is 1100. The summed E-state index contributed by atoms with van der Waals surface area (Å²) in [6.07, 6.45) is 1.16. The van der Waals surface area contributed by atoms with Crippen LogP contribution in [0.3, 0.4) is 0 Å². The number of piperidine rings is 1. The predicted molar refractivity (Wildman–Crippen MR) is 111 cm³/mol. The number of rotatable bonds is 5. The maximum absolute atomic E-state index is 13.5. The third-order valence-corrected chi connectivity index (χ3v) is 5.59. The van der Waals surface area contributed by atoms with Gasteiger partial charge in [-0.05, 0) is 25.0 Å². The van der Waals surface area contributed by atoms with Crippen molar-refractivity contribution in [1.82, 2.24) is 24.4 Å². The van der Waals surface area contributed by atoms with Crippen LogP contribution in [0.25, 0.3) is 11.0 Å². The van der Waals surface area contributed by atoms with Crippen molar-refractivity contribution in [2.24, 2.45) is 0 Å². The zero-order valence-corrected chi connectivity index (χ0v) is 17.5. The van der Waals surface area contributed by atoms with Gasteiger partial charge < -0.3 is 19.5 Å². The van der Waals surface area contributed by atoms with Crippen LogP contribution in [0.5, 0.6) is 0 Å². The van der Waals surface area contributed by atoms with Crippen LogP contribution in [0.15, 0.2) is 42.9 Å². The molecule has 0 saturated carbocycles. The van der Waals surface area contributed by atoms with E-state index in [1.165, 1.54) is 24.1 Å². The van der Waals surface area contributed by atoms with E-state index in [4.69, 9.17) is 0 Å². The summed E-state index contributed by atoms with van der Waals surface area (Å²) in [4.78, 5) is 28.0. The van der Waals surface area contributed by atoms with Crippen LogP contribution in [0.2, 0.25) is 0 Å². The van der Waals surface area contributed by atoms with E-state index < -0.39 is 30.1 Å². The molecule has 32 heavy (non-hydrogen) atoms. The standard InChI is InChI=1S/C21H23F3N6O2/c1-28(13-20(32)7-4-10-29(14-20)17-11-25-8-9-26-17)18(31)12-30-16-6-3-2-5-15(16)27-19(30)21(22,23)24/h2-3,5-6,8-9,11,32H,4,7,10,12-14H2,1H3. The lowest BCUT2D eigenvalue weighted by Gasteiger charge is -2.41. The predicted octanol–water partition coefficient (Wildman–Crippen LogP) is 2.33. The molecule has 1 atom stereocenters. The fraction of sp³-hybridized carbons (Fsp3) is 0.429. The number of imidazole rings is 1. The molecule has 1 fully saturated rings. The van der Waals surface area contributed by atoms with E-state index in [1.807, 2.05) is 4.90 Å².